The van der Waals surface area contributed by atoms with Gasteiger partial charge in [-0.1, -0.05) is 12.1 Å². The van der Waals surface area contributed by atoms with Gasteiger partial charge >= 0.3 is 0 Å². The van der Waals surface area contributed by atoms with Crippen LogP contribution in [0.3, 0.4) is 0 Å². The number of likely N-dealkylation sites (tertiary alicyclic amines) is 1. The van der Waals surface area contributed by atoms with Crippen molar-refractivity contribution in [1.29, 1.82) is 5.26 Å². The van der Waals surface area contributed by atoms with Crippen LogP contribution in [0.5, 0.6) is 0 Å². The molecule has 1 aliphatic rings. The van der Waals surface area contributed by atoms with Gasteiger partial charge < -0.3 is 15.5 Å². The molecule has 2 heterocycles. The summed E-state index contributed by atoms with van der Waals surface area (Å²) in [5.74, 6) is -2.30. The minimum absolute atomic E-state index is 0.194. The van der Waals surface area contributed by atoms with Crippen molar-refractivity contribution in [2.75, 3.05) is 18.4 Å². The van der Waals surface area contributed by atoms with Gasteiger partial charge in [-0.15, -0.1) is 12.3 Å². The van der Waals surface area contributed by atoms with E-state index < -0.39 is 43.3 Å². The first-order valence-electron chi connectivity index (χ1n) is 10.2. The van der Waals surface area contributed by atoms with Crippen molar-refractivity contribution in [3.63, 3.8) is 0 Å². The zero-order valence-corrected chi connectivity index (χ0v) is 17.6. The highest BCUT2D eigenvalue weighted by atomic mass is 19.3. The Bertz CT molecular complexity index is 1170. The van der Waals surface area contributed by atoms with Gasteiger partial charge in [0, 0.05) is 30.8 Å². The second-order valence-electron chi connectivity index (χ2n) is 7.58. The summed E-state index contributed by atoms with van der Waals surface area (Å²) in [4.78, 5) is 42.2. The Hall–Kier alpha value is -4.05. The molecule has 170 valence electrons. The highest BCUT2D eigenvalue weighted by molar-refractivity contribution is 6.10. The predicted octanol–water partition coefficient (Wildman–Crippen LogP) is 2.47. The molecule has 10 heteroatoms. The summed E-state index contributed by atoms with van der Waals surface area (Å²) in [6.45, 7) is -1.40. The number of rotatable bonds is 7. The van der Waals surface area contributed by atoms with Crippen molar-refractivity contribution in [1.82, 2.24) is 15.2 Å². The first-order valence-corrected chi connectivity index (χ1v) is 10.2. The third kappa shape index (κ3) is 5.60. The molecule has 1 aromatic heterocycles. The fraction of sp³-hybridized carbons (Fsp3) is 0.348. The molecule has 1 aliphatic heterocycles. The second kappa shape index (κ2) is 10.0. The summed E-state index contributed by atoms with van der Waals surface area (Å²) in [5, 5.41) is 14.6. The van der Waals surface area contributed by atoms with Gasteiger partial charge in [0.25, 0.3) is 11.8 Å². The first kappa shape index (κ1) is 23.6. The van der Waals surface area contributed by atoms with Crippen LogP contribution in [0.4, 0.5) is 14.5 Å². The number of hydrogen-bond donors (Lipinski definition) is 2. The van der Waals surface area contributed by atoms with Crippen molar-refractivity contribution in [2.45, 2.75) is 37.6 Å². The van der Waals surface area contributed by atoms with Crippen LogP contribution in [0, 0.1) is 23.7 Å². The number of carbonyl (C=O) groups is 3. The maximum Gasteiger partial charge on any atom is 0.268 e. The Balaban J connectivity index is 1.72. The zero-order valence-electron chi connectivity index (χ0n) is 17.6. The van der Waals surface area contributed by atoms with Crippen molar-refractivity contribution in [3.05, 3.63) is 36.0 Å². The smallest absolute Gasteiger partial charge is 0.268 e. The van der Waals surface area contributed by atoms with Gasteiger partial charge in [-0.3, -0.25) is 19.4 Å². The van der Waals surface area contributed by atoms with Crippen LogP contribution in [-0.2, 0) is 9.59 Å². The summed E-state index contributed by atoms with van der Waals surface area (Å²) in [6, 6.07) is 6.83. The van der Waals surface area contributed by atoms with E-state index in [9.17, 15) is 23.2 Å². The Morgan fingerprint density at radius 2 is 2.09 bits per heavy atom. The van der Waals surface area contributed by atoms with Gasteiger partial charge in [0.05, 0.1) is 35.9 Å². The number of halogens is 2. The molecule has 0 aliphatic carbocycles. The van der Waals surface area contributed by atoms with E-state index in [2.05, 4.69) is 21.5 Å². The van der Waals surface area contributed by atoms with E-state index in [0.29, 0.717) is 29.4 Å². The molecule has 1 aromatic carbocycles. The van der Waals surface area contributed by atoms with Gasteiger partial charge in [-0.2, -0.15) is 5.26 Å². The number of terminal acetylenes is 1. The average Bonchev–Trinajstić information content (AvgIpc) is 3.12. The largest absolute Gasteiger partial charge is 0.343 e. The lowest BCUT2D eigenvalue weighted by molar-refractivity contribution is -0.131. The molecule has 3 amide bonds. The monoisotopic (exact) mass is 453 g/mol. The molecule has 1 saturated heterocycles. The molecule has 1 fully saturated rings. The molecule has 33 heavy (non-hydrogen) atoms. The van der Waals surface area contributed by atoms with Crippen LogP contribution in [-0.4, -0.2) is 52.7 Å². The number of pyridine rings is 1. The Kier molecular flexibility index (Phi) is 7.19. The van der Waals surface area contributed by atoms with Gasteiger partial charge in [0.1, 0.15) is 6.04 Å². The normalized spacial score (nSPS) is 16.6. The number of anilines is 1. The van der Waals surface area contributed by atoms with E-state index >= 15 is 0 Å². The lowest BCUT2D eigenvalue weighted by Gasteiger charge is -2.19. The van der Waals surface area contributed by atoms with E-state index in [0.717, 1.165) is 4.90 Å². The fourth-order valence-corrected chi connectivity index (χ4v) is 3.59. The number of unbranched alkanes of at least 4 members (excludes halogenated alkanes) is 1. The van der Waals surface area contributed by atoms with Gasteiger partial charge in [0.2, 0.25) is 11.8 Å². The number of aromatic nitrogens is 1. The molecule has 1 atom stereocenters. The fourth-order valence-electron chi connectivity index (χ4n) is 3.59. The van der Waals surface area contributed by atoms with Gasteiger partial charge in [0.15, 0.2) is 0 Å². The predicted molar refractivity (Wildman–Crippen MR) is 116 cm³/mol. The quantitative estimate of drug-likeness (QED) is 0.494. The van der Waals surface area contributed by atoms with Crippen LogP contribution in [0.15, 0.2) is 30.5 Å². The van der Waals surface area contributed by atoms with Crippen molar-refractivity contribution in [2.24, 2.45) is 0 Å². The topological polar surface area (TPSA) is 115 Å². The number of benzene rings is 1. The molecule has 8 nitrogen and oxygen atoms in total. The lowest BCUT2D eigenvalue weighted by Crippen LogP contribution is -2.43. The number of carbonyl (C=O) groups excluding carboxylic acids is 3. The van der Waals surface area contributed by atoms with E-state index in [-0.39, 0.29) is 17.9 Å². The summed E-state index contributed by atoms with van der Waals surface area (Å²) in [7, 11) is 0. The molecule has 0 bridgehead atoms. The number of para-hydroxylation sites is 1. The number of nitriles is 1. The van der Waals surface area contributed by atoms with E-state index in [1.54, 1.807) is 24.3 Å². The SMILES string of the molecule is C#CCCCC(=O)Nc1cccc2c(C(=O)NCC(=O)N3CC(F)(F)C[C@H]3C#N)ccnc12. The second-order valence-corrected chi connectivity index (χ2v) is 7.58. The molecule has 0 unspecified atom stereocenters. The molecule has 0 saturated carbocycles. The average molecular weight is 453 g/mol. The van der Waals surface area contributed by atoms with E-state index in [1.807, 2.05) is 0 Å². The maximum atomic E-state index is 13.6. The van der Waals surface area contributed by atoms with Crippen molar-refractivity contribution >= 4 is 34.3 Å². The van der Waals surface area contributed by atoms with Gasteiger partial charge in [-0.25, -0.2) is 8.78 Å². The van der Waals surface area contributed by atoms with E-state index in [4.69, 9.17) is 11.7 Å². The van der Waals surface area contributed by atoms with Crippen molar-refractivity contribution < 1.29 is 23.2 Å². The summed E-state index contributed by atoms with van der Waals surface area (Å²) >= 11 is 0. The number of nitrogens with zero attached hydrogens (tertiary/aromatic N) is 3. The van der Waals surface area contributed by atoms with Crippen molar-refractivity contribution in [3.8, 4) is 18.4 Å². The maximum absolute atomic E-state index is 13.6. The molecule has 2 aromatic rings. The molecular formula is C23H21F2N5O3. The Labute approximate surface area is 189 Å². The lowest BCUT2D eigenvalue weighted by atomic mass is 10.1. The number of amides is 3. The zero-order chi connectivity index (χ0) is 24.0. The van der Waals surface area contributed by atoms with Crippen LogP contribution in [0.25, 0.3) is 10.9 Å². The molecular weight excluding hydrogens is 432 g/mol. The highest BCUT2D eigenvalue weighted by Gasteiger charge is 2.47. The molecule has 2 N–H and O–H groups in total. The van der Waals surface area contributed by atoms with Gasteiger partial charge in [-0.05, 0) is 18.6 Å². The molecule has 0 radical (unpaired) electrons. The molecule has 0 spiro atoms. The molecule has 3 rings (SSSR count). The van der Waals surface area contributed by atoms with Crippen LogP contribution < -0.4 is 10.6 Å². The van der Waals surface area contributed by atoms with Crippen LogP contribution in [0.1, 0.15) is 36.0 Å². The summed E-state index contributed by atoms with van der Waals surface area (Å²) in [6.07, 6.45) is 7.11. The summed E-state index contributed by atoms with van der Waals surface area (Å²) in [5.41, 5.74) is 0.991. The minimum atomic E-state index is -3.14. The number of hydrogen-bond acceptors (Lipinski definition) is 5. The summed E-state index contributed by atoms with van der Waals surface area (Å²) < 4.78 is 27.1. The van der Waals surface area contributed by atoms with Crippen LogP contribution >= 0.6 is 0 Å². The third-order valence-corrected chi connectivity index (χ3v) is 5.15. The minimum Gasteiger partial charge on any atom is -0.343 e. The third-order valence-electron chi connectivity index (χ3n) is 5.15. The number of fused-ring (bicyclic) bond motifs is 1. The number of alkyl halides is 2. The standard InChI is InChI=1S/C23H21F2N5O3/c1-2-3-4-8-19(31)29-18-7-5-6-16-17(9-10-27-21(16)18)22(33)28-13-20(32)30-14-23(24,25)11-15(30)12-26/h1,5-7,9-10,15H,3-4,8,11,13-14H2,(H,28,33)(H,29,31)/t15-/m0/s1. The first-order chi connectivity index (χ1) is 15.8. The van der Waals surface area contributed by atoms with Crippen LogP contribution in [0.2, 0.25) is 0 Å². The Morgan fingerprint density at radius 3 is 2.82 bits per heavy atom. The highest BCUT2D eigenvalue weighted by Crippen LogP contribution is 2.31. The Morgan fingerprint density at radius 1 is 1.30 bits per heavy atom. The van der Waals surface area contributed by atoms with E-state index in [1.165, 1.54) is 12.3 Å². The number of nitrogens with one attached hydrogen (secondary N) is 2.